The van der Waals surface area contributed by atoms with E-state index < -0.39 is 10.0 Å². The first-order valence-electron chi connectivity index (χ1n) is 9.96. The van der Waals surface area contributed by atoms with Gasteiger partial charge in [-0.25, -0.2) is 8.42 Å². The topological polar surface area (TPSA) is 106 Å². The normalized spacial score (nSPS) is 19.4. The predicted octanol–water partition coefficient (Wildman–Crippen LogP) is 1.44. The minimum Gasteiger partial charge on any atom is -0.385 e. The molecule has 3 rings (SSSR count). The van der Waals surface area contributed by atoms with Crippen LogP contribution in [-0.2, 0) is 14.8 Å². The van der Waals surface area contributed by atoms with Crippen LogP contribution in [0, 0.1) is 11.8 Å². The number of benzene rings is 1. The number of hydrogen-bond donors (Lipinski definition) is 1. The number of nitrogens with one attached hydrogen (secondary N) is 1. The second kappa shape index (κ2) is 8.66. The van der Waals surface area contributed by atoms with Gasteiger partial charge >= 0.3 is 0 Å². The average molecular weight is 424 g/mol. The van der Waals surface area contributed by atoms with Crippen molar-refractivity contribution in [3.63, 3.8) is 0 Å². The lowest BCUT2D eigenvalue weighted by molar-refractivity contribution is -0.127. The summed E-state index contributed by atoms with van der Waals surface area (Å²) in [5.74, 6) is 0.363. The van der Waals surface area contributed by atoms with E-state index in [1.165, 1.54) is 16.4 Å². The number of sulfonamides is 1. The number of piperidine rings is 1. The molecule has 0 aliphatic carbocycles. The third kappa shape index (κ3) is 4.87. The van der Waals surface area contributed by atoms with Crippen LogP contribution in [0.25, 0.3) is 11.0 Å². The molecule has 0 unspecified atom stereocenters. The Bertz CT molecular complexity index is 972. The van der Waals surface area contributed by atoms with E-state index in [0.29, 0.717) is 36.0 Å². The maximum Gasteiger partial charge on any atom is 0.260 e. The Morgan fingerprint density at radius 1 is 1.34 bits per heavy atom. The van der Waals surface area contributed by atoms with Crippen molar-refractivity contribution in [2.24, 2.45) is 11.8 Å². The molecule has 2 atom stereocenters. The molecule has 0 saturated carbocycles. The zero-order chi connectivity index (χ0) is 21.2. The van der Waals surface area contributed by atoms with Crippen molar-refractivity contribution in [1.29, 1.82) is 0 Å². The van der Waals surface area contributed by atoms with Crippen LogP contribution < -0.4 is 10.2 Å². The summed E-state index contributed by atoms with van der Waals surface area (Å²) >= 11 is 0. The average Bonchev–Trinajstić information content (AvgIpc) is 3.08. The van der Waals surface area contributed by atoms with E-state index in [0.717, 1.165) is 17.7 Å². The largest absolute Gasteiger partial charge is 0.385 e. The van der Waals surface area contributed by atoms with Gasteiger partial charge in [0.1, 0.15) is 11.0 Å². The Morgan fingerprint density at radius 2 is 2.10 bits per heavy atom. The van der Waals surface area contributed by atoms with E-state index in [2.05, 4.69) is 22.6 Å². The summed E-state index contributed by atoms with van der Waals surface area (Å²) < 4.78 is 27.6. The second-order valence-electron chi connectivity index (χ2n) is 8.10. The summed E-state index contributed by atoms with van der Waals surface area (Å²) in [6, 6.07) is 4.65. The predicted molar refractivity (Wildman–Crippen MR) is 109 cm³/mol. The molecule has 1 amide bonds. The number of hydrogen-bond acceptors (Lipinski definition) is 6. The molecule has 160 valence electrons. The minimum atomic E-state index is -3.61. The lowest BCUT2D eigenvalue weighted by Crippen LogP contribution is -2.40. The van der Waals surface area contributed by atoms with Crippen molar-refractivity contribution in [2.45, 2.75) is 51.5 Å². The van der Waals surface area contributed by atoms with Crippen molar-refractivity contribution in [3.8, 4) is 0 Å². The molecule has 2 aromatic rings. The molecular formula is C19H29N5O4S. The molecular weight excluding hydrogens is 394 g/mol. The van der Waals surface area contributed by atoms with Crippen molar-refractivity contribution in [3.05, 3.63) is 18.2 Å². The fourth-order valence-corrected chi connectivity index (χ4v) is 4.85. The quantitative estimate of drug-likeness (QED) is 0.722. The summed E-state index contributed by atoms with van der Waals surface area (Å²) in [5, 5.41) is 10.7. The molecule has 1 aliphatic rings. The number of nitrogens with zero attached hydrogens (tertiary/aromatic N) is 4. The molecule has 0 radical (unpaired) electrons. The third-order valence-electron chi connectivity index (χ3n) is 5.35. The van der Waals surface area contributed by atoms with Gasteiger partial charge < -0.3 is 10.2 Å². The number of carbonyl (C=O) groups excluding carboxylic acids is 1. The van der Waals surface area contributed by atoms with Gasteiger partial charge in [-0.2, -0.15) is 4.31 Å². The first-order valence-corrected chi connectivity index (χ1v) is 11.4. The van der Waals surface area contributed by atoms with Crippen LogP contribution >= 0.6 is 0 Å². The summed E-state index contributed by atoms with van der Waals surface area (Å²) in [7, 11) is -3.61. The van der Waals surface area contributed by atoms with Crippen LogP contribution in [0.2, 0.25) is 0 Å². The molecule has 1 aromatic carbocycles. The number of amides is 1. The third-order valence-corrected chi connectivity index (χ3v) is 7.21. The Kier molecular flexibility index (Phi) is 6.42. The monoisotopic (exact) mass is 423 g/mol. The van der Waals surface area contributed by atoms with Gasteiger partial charge in [-0.15, -0.1) is 5.10 Å². The van der Waals surface area contributed by atoms with E-state index in [4.69, 9.17) is 4.84 Å². The molecule has 1 saturated heterocycles. The maximum absolute atomic E-state index is 13.0. The van der Waals surface area contributed by atoms with E-state index >= 15 is 0 Å². The number of aromatic nitrogens is 3. The fourth-order valence-electron chi connectivity index (χ4n) is 3.23. The Labute approximate surface area is 171 Å². The second-order valence-corrected chi connectivity index (χ2v) is 10.0. The maximum atomic E-state index is 13.0. The van der Waals surface area contributed by atoms with Gasteiger partial charge in [-0.05, 0) is 55.0 Å². The lowest BCUT2D eigenvalue weighted by Gasteiger charge is -2.30. The number of fused-ring (bicyclic) bond motifs is 1. The first-order chi connectivity index (χ1) is 13.7. The van der Waals surface area contributed by atoms with Crippen LogP contribution in [0.3, 0.4) is 0 Å². The summed E-state index contributed by atoms with van der Waals surface area (Å²) in [4.78, 5) is 18.8. The number of rotatable bonds is 7. The van der Waals surface area contributed by atoms with Crippen LogP contribution in [0.4, 0.5) is 0 Å². The molecule has 9 nitrogen and oxygen atoms in total. The summed E-state index contributed by atoms with van der Waals surface area (Å²) in [6.07, 6.45) is 1.89. The minimum absolute atomic E-state index is 0.0160. The number of carbonyl (C=O) groups is 1. The molecule has 1 aromatic heterocycles. The fraction of sp³-hybridized carbons (Fsp3) is 0.632. The van der Waals surface area contributed by atoms with Crippen LogP contribution in [0.1, 0.15) is 40.5 Å². The van der Waals surface area contributed by atoms with E-state index in [1.807, 2.05) is 20.8 Å². The Morgan fingerprint density at radius 3 is 2.79 bits per heavy atom. The SMILES string of the molecule is CC(C)[C@H](C)NC(=O)COn1nnc2ccc(S(=O)(=O)N3CCC[C@H](C)C3)cc21. The molecule has 1 aliphatic heterocycles. The van der Waals surface area contributed by atoms with Gasteiger partial charge in [0, 0.05) is 19.1 Å². The van der Waals surface area contributed by atoms with Crippen molar-refractivity contribution in [1.82, 2.24) is 24.8 Å². The standard InChI is InChI=1S/C19H29N5O4S/c1-13(2)15(4)20-19(25)12-28-24-18-10-16(7-8-17(18)21-22-24)29(26,27)23-9-5-6-14(3)11-23/h7-8,10,13-15H,5-6,9,11-12H2,1-4H3,(H,20,25)/t14-,15-/m0/s1. The van der Waals surface area contributed by atoms with Crippen LogP contribution in [0.5, 0.6) is 0 Å². The summed E-state index contributed by atoms with van der Waals surface area (Å²) in [5.41, 5.74) is 0.896. The molecule has 1 N–H and O–H groups in total. The van der Waals surface area contributed by atoms with Crippen LogP contribution in [0.15, 0.2) is 23.1 Å². The van der Waals surface area contributed by atoms with Gasteiger partial charge in [-0.3, -0.25) is 4.79 Å². The van der Waals surface area contributed by atoms with Gasteiger partial charge in [0.15, 0.2) is 6.61 Å². The Hall–Kier alpha value is -2.20. The van der Waals surface area contributed by atoms with Crippen molar-refractivity contribution >= 4 is 27.0 Å². The highest BCUT2D eigenvalue weighted by Crippen LogP contribution is 2.25. The molecule has 2 heterocycles. The highest BCUT2D eigenvalue weighted by Gasteiger charge is 2.29. The molecule has 1 fully saturated rings. The van der Waals surface area contributed by atoms with Gasteiger partial charge in [0.05, 0.1) is 4.90 Å². The van der Waals surface area contributed by atoms with Crippen molar-refractivity contribution < 1.29 is 18.0 Å². The van der Waals surface area contributed by atoms with Gasteiger partial charge in [0.2, 0.25) is 10.0 Å². The van der Waals surface area contributed by atoms with E-state index in [9.17, 15) is 13.2 Å². The molecule has 0 bridgehead atoms. The van der Waals surface area contributed by atoms with Crippen LogP contribution in [-0.4, -0.2) is 59.5 Å². The Balaban J connectivity index is 1.77. The van der Waals surface area contributed by atoms with Crippen molar-refractivity contribution in [2.75, 3.05) is 19.7 Å². The summed E-state index contributed by atoms with van der Waals surface area (Å²) in [6.45, 7) is 8.81. The van der Waals surface area contributed by atoms with Gasteiger partial charge in [0.25, 0.3) is 5.91 Å². The first kappa shape index (κ1) is 21.5. The molecule has 0 spiro atoms. The molecule has 10 heteroatoms. The molecule has 29 heavy (non-hydrogen) atoms. The smallest absolute Gasteiger partial charge is 0.260 e. The highest BCUT2D eigenvalue weighted by molar-refractivity contribution is 7.89. The van der Waals surface area contributed by atoms with Gasteiger partial charge in [-0.1, -0.05) is 25.6 Å². The van der Waals surface area contributed by atoms with E-state index in [-0.39, 0.29) is 23.5 Å². The highest BCUT2D eigenvalue weighted by atomic mass is 32.2. The lowest BCUT2D eigenvalue weighted by atomic mass is 10.0. The zero-order valence-corrected chi connectivity index (χ0v) is 18.1. The zero-order valence-electron chi connectivity index (χ0n) is 17.3. The van der Waals surface area contributed by atoms with E-state index in [1.54, 1.807) is 6.07 Å².